The normalized spacial score (nSPS) is 16.2. The van der Waals surface area contributed by atoms with E-state index >= 15 is 0 Å². The fourth-order valence-corrected chi connectivity index (χ4v) is 3.73. The van der Waals surface area contributed by atoms with E-state index in [-0.39, 0.29) is 17.7 Å². The van der Waals surface area contributed by atoms with Crippen LogP contribution in [0.5, 0.6) is 0 Å². The van der Waals surface area contributed by atoms with E-state index in [9.17, 15) is 9.59 Å². The first kappa shape index (κ1) is 16.7. The Morgan fingerprint density at radius 2 is 2.04 bits per heavy atom. The summed E-state index contributed by atoms with van der Waals surface area (Å²) in [4.78, 5) is 29.3. The zero-order valence-electron chi connectivity index (χ0n) is 14.6. The number of esters is 1. The van der Waals surface area contributed by atoms with Crippen LogP contribution in [-0.4, -0.2) is 40.6 Å². The molecule has 0 saturated carbocycles. The number of para-hydroxylation sites is 2. The van der Waals surface area contributed by atoms with Crippen molar-refractivity contribution in [1.29, 1.82) is 0 Å². The number of fused-ring (bicyclic) bond motifs is 1. The summed E-state index contributed by atoms with van der Waals surface area (Å²) < 4.78 is 12.1. The van der Waals surface area contributed by atoms with Crippen molar-refractivity contribution in [2.45, 2.75) is 25.4 Å². The first-order valence-electron chi connectivity index (χ1n) is 8.73. The Bertz CT molecular complexity index is 976. The number of likely N-dealkylation sites (tertiary alicyclic amines) is 1. The summed E-state index contributed by atoms with van der Waals surface area (Å²) in [6, 6.07) is 9.59. The van der Waals surface area contributed by atoms with E-state index in [1.807, 2.05) is 28.8 Å². The highest BCUT2D eigenvalue weighted by atomic mass is 16.5. The number of benzene rings is 1. The topological polar surface area (TPSA) is 80.5 Å². The van der Waals surface area contributed by atoms with E-state index in [0.29, 0.717) is 17.9 Å². The van der Waals surface area contributed by atoms with Crippen LogP contribution in [0, 0.1) is 0 Å². The zero-order chi connectivity index (χ0) is 18.1. The number of nitrogens with one attached hydrogen (secondary N) is 1. The molecule has 1 N–H and O–H groups in total. The van der Waals surface area contributed by atoms with Crippen LogP contribution in [0.1, 0.15) is 35.0 Å². The number of H-pyrrole nitrogens is 1. The molecule has 26 heavy (non-hydrogen) atoms. The second-order valence-electron chi connectivity index (χ2n) is 6.57. The predicted octanol–water partition coefficient (Wildman–Crippen LogP) is 2.55. The molecule has 1 fully saturated rings. The number of methoxy groups -OCH3 is 1. The van der Waals surface area contributed by atoms with Crippen LogP contribution < -0.4 is 5.69 Å². The fraction of sp³-hybridized carbons (Fsp3) is 0.368. The zero-order valence-corrected chi connectivity index (χ0v) is 14.6. The highest BCUT2D eigenvalue weighted by Gasteiger charge is 2.25. The van der Waals surface area contributed by atoms with Gasteiger partial charge in [0.15, 0.2) is 0 Å². The number of carbonyl (C=O) groups excluding carboxylic acids is 1. The molecule has 0 bridgehead atoms. The van der Waals surface area contributed by atoms with Gasteiger partial charge in [0.1, 0.15) is 11.3 Å². The second kappa shape index (κ2) is 6.84. The van der Waals surface area contributed by atoms with Crippen molar-refractivity contribution < 1.29 is 13.9 Å². The van der Waals surface area contributed by atoms with Crippen LogP contribution >= 0.6 is 0 Å². The summed E-state index contributed by atoms with van der Waals surface area (Å²) in [7, 11) is 1.36. The summed E-state index contributed by atoms with van der Waals surface area (Å²) in [6.07, 6.45) is 3.26. The summed E-state index contributed by atoms with van der Waals surface area (Å²) in [6.45, 7) is 2.22. The number of hydrogen-bond acceptors (Lipinski definition) is 5. The highest BCUT2D eigenvalue weighted by molar-refractivity contribution is 5.90. The van der Waals surface area contributed by atoms with Crippen LogP contribution in [0.4, 0.5) is 0 Å². The Kier molecular flexibility index (Phi) is 4.38. The molecular formula is C19H21N3O4. The number of piperidine rings is 1. The first-order valence-corrected chi connectivity index (χ1v) is 8.73. The van der Waals surface area contributed by atoms with E-state index < -0.39 is 0 Å². The van der Waals surface area contributed by atoms with Gasteiger partial charge in [0.05, 0.1) is 31.0 Å². The largest absolute Gasteiger partial charge is 0.467 e. The number of rotatable bonds is 4. The van der Waals surface area contributed by atoms with Crippen LogP contribution in [0.25, 0.3) is 11.0 Å². The number of imidazole rings is 1. The third-order valence-corrected chi connectivity index (χ3v) is 5.06. The van der Waals surface area contributed by atoms with E-state index in [2.05, 4.69) is 9.88 Å². The van der Waals surface area contributed by atoms with Crippen LogP contribution in [0.3, 0.4) is 0 Å². The number of carbonyl (C=O) groups is 1. The van der Waals surface area contributed by atoms with E-state index in [0.717, 1.165) is 37.0 Å². The number of nitrogens with zero attached hydrogens (tertiary/aromatic N) is 2. The molecule has 2 aromatic heterocycles. The summed E-state index contributed by atoms with van der Waals surface area (Å²) >= 11 is 0. The Morgan fingerprint density at radius 1 is 1.27 bits per heavy atom. The molecule has 0 unspecified atom stereocenters. The highest BCUT2D eigenvalue weighted by Crippen LogP contribution is 2.26. The maximum atomic E-state index is 12.4. The van der Waals surface area contributed by atoms with E-state index in [4.69, 9.17) is 9.15 Å². The van der Waals surface area contributed by atoms with Gasteiger partial charge in [-0.05, 0) is 31.0 Å². The molecule has 0 aliphatic carbocycles. The van der Waals surface area contributed by atoms with Crippen molar-refractivity contribution in [3.05, 3.63) is 58.4 Å². The number of ether oxygens (including phenoxy) is 1. The molecule has 3 heterocycles. The lowest BCUT2D eigenvalue weighted by Crippen LogP contribution is -2.36. The van der Waals surface area contributed by atoms with Crippen molar-refractivity contribution in [3.8, 4) is 0 Å². The Balaban J connectivity index is 1.46. The predicted molar refractivity (Wildman–Crippen MR) is 96.2 cm³/mol. The summed E-state index contributed by atoms with van der Waals surface area (Å²) in [5, 5.41) is 0. The minimum Gasteiger partial charge on any atom is -0.467 e. The van der Waals surface area contributed by atoms with Crippen molar-refractivity contribution in [2.24, 2.45) is 0 Å². The number of hydrogen-bond donors (Lipinski definition) is 1. The van der Waals surface area contributed by atoms with Gasteiger partial charge < -0.3 is 14.1 Å². The molecule has 7 heteroatoms. The van der Waals surface area contributed by atoms with Gasteiger partial charge in [-0.2, -0.15) is 0 Å². The van der Waals surface area contributed by atoms with Gasteiger partial charge in [-0.1, -0.05) is 12.1 Å². The Labute approximate surface area is 150 Å². The van der Waals surface area contributed by atoms with Gasteiger partial charge in [0, 0.05) is 19.1 Å². The van der Waals surface area contributed by atoms with Gasteiger partial charge in [-0.3, -0.25) is 9.47 Å². The molecule has 1 aromatic carbocycles. The van der Waals surface area contributed by atoms with Crippen LogP contribution in [0.15, 0.2) is 45.8 Å². The lowest BCUT2D eigenvalue weighted by Gasteiger charge is -2.32. The van der Waals surface area contributed by atoms with Crippen molar-refractivity contribution in [2.75, 3.05) is 20.2 Å². The average molecular weight is 355 g/mol. The van der Waals surface area contributed by atoms with E-state index in [1.54, 1.807) is 6.07 Å². The fourth-order valence-electron chi connectivity index (χ4n) is 3.73. The Morgan fingerprint density at radius 3 is 2.81 bits per heavy atom. The molecule has 4 rings (SSSR count). The monoisotopic (exact) mass is 355 g/mol. The summed E-state index contributed by atoms with van der Waals surface area (Å²) in [5.41, 5.74) is 2.25. The smallest absolute Gasteiger partial charge is 0.341 e. The minimum atomic E-state index is -0.381. The first-order chi connectivity index (χ1) is 12.7. The third kappa shape index (κ3) is 2.94. The van der Waals surface area contributed by atoms with E-state index in [1.165, 1.54) is 13.4 Å². The quantitative estimate of drug-likeness (QED) is 0.728. The lowest BCUT2D eigenvalue weighted by atomic mass is 10.0. The van der Waals surface area contributed by atoms with Crippen molar-refractivity contribution in [3.63, 3.8) is 0 Å². The van der Waals surface area contributed by atoms with Gasteiger partial charge in [-0.25, -0.2) is 9.59 Å². The standard InChI is InChI=1S/C19H21N3O4/c1-25-18(23)14-8-11-26-17(14)12-21-9-6-13(7-10-21)22-16-5-3-2-4-15(16)20-19(22)24/h2-5,8,11,13H,6-7,9-10,12H2,1H3,(H,20,24). The van der Waals surface area contributed by atoms with Gasteiger partial charge in [-0.15, -0.1) is 0 Å². The van der Waals surface area contributed by atoms with Crippen molar-refractivity contribution in [1.82, 2.24) is 14.5 Å². The second-order valence-corrected chi connectivity index (χ2v) is 6.57. The van der Waals surface area contributed by atoms with Crippen LogP contribution in [-0.2, 0) is 11.3 Å². The third-order valence-electron chi connectivity index (χ3n) is 5.06. The molecule has 136 valence electrons. The molecule has 1 aliphatic rings. The Hall–Kier alpha value is -2.80. The van der Waals surface area contributed by atoms with Crippen LogP contribution in [0.2, 0.25) is 0 Å². The number of aromatic amines is 1. The molecule has 7 nitrogen and oxygen atoms in total. The molecule has 1 saturated heterocycles. The molecule has 0 atom stereocenters. The van der Waals surface area contributed by atoms with Crippen molar-refractivity contribution >= 4 is 17.0 Å². The maximum absolute atomic E-state index is 12.4. The molecule has 1 aliphatic heterocycles. The lowest BCUT2D eigenvalue weighted by molar-refractivity contribution is 0.0595. The van der Waals surface area contributed by atoms with Gasteiger partial charge in [0.2, 0.25) is 0 Å². The summed E-state index contributed by atoms with van der Waals surface area (Å²) in [5.74, 6) is 0.244. The number of furan rings is 1. The molecule has 0 radical (unpaired) electrons. The van der Waals surface area contributed by atoms with Gasteiger partial charge in [0.25, 0.3) is 0 Å². The number of aromatic nitrogens is 2. The minimum absolute atomic E-state index is 0.0522. The average Bonchev–Trinajstić information content (AvgIpc) is 3.25. The molecule has 3 aromatic rings. The molecule has 0 amide bonds. The SMILES string of the molecule is COC(=O)c1ccoc1CN1CCC(n2c(=O)[nH]c3ccccc32)CC1. The molecular weight excluding hydrogens is 334 g/mol. The maximum Gasteiger partial charge on any atom is 0.341 e. The van der Waals surface area contributed by atoms with Gasteiger partial charge >= 0.3 is 11.7 Å². The molecule has 0 spiro atoms.